The molecule has 1 aliphatic rings. The molecule has 0 bridgehead atoms. The standard InChI is InChI=1S/C9H12N2O/c1-7(12)8-3-2-5-11-6-4-10-9(8)11/h4,6,8H,2-3,5H2,1H3. The first-order chi connectivity index (χ1) is 5.79. The van der Waals surface area contributed by atoms with Crippen LogP contribution in [0.25, 0.3) is 0 Å². The Kier molecular flexibility index (Phi) is 1.71. The van der Waals surface area contributed by atoms with Crippen molar-refractivity contribution < 1.29 is 4.79 Å². The summed E-state index contributed by atoms with van der Waals surface area (Å²) in [6.07, 6.45) is 5.78. The number of fused-ring (bicyclic) bond motifs is 1. The number of carbonyl (C=O) groups is 1. The van der Waals surface area contributed by atoms with E-state index in [4.69, 9.17) is 0 Å². The highest BCUT2D eigenvalue weighted by atomic mass is 16.1. The van der Waals surface area contributed by atoms with Gasteiger partial charge in [-0.15, -0.1) is 0 Å². The van der Waals surface area contributed by atoms with Crippen molar-refractivity contribution in [2.45, 2.75) is 32.2 Å². The number of ketones is 1. The van der Waals surface area contributed by atoms with Crippen LogP contribution in [0.15, 0.2) is 12.4 Å². The van der Waals surface area contributed by atoms with Crippen molar-refractivity contribution in [1.82, 2.24) is 9.55 Å². The zero-order chi connectivity index (χ0) is 8.55. The van der Waals surface area contributed by atoms with Crippen molar-refractivity contribution in [3.63, 3.8) is 0 Å². The van der Waals surface area contributed by atoms with Crippen LogP contribution in [-0.4, -0.2) is 15.3 Å². The Morgan fingerprint density at radius 2 is 2.58 bits per heavy atom. The molecule has 0 aromatic carbocycles. The molecule has 0 spiro atoms. The predicted molar refractivity (Wildman–Crippen MR) is 44.9 cm³/mol. The van der Waals surface area contributed by atoms with Crippen LogP contribution in [0.5, 0.6) is 0 Å². The van der Waals surface area contributed by atoms with Gasteiger partial charge in [0.15, 0.2) is 0 Å². The van der Waals surface area contributed by atoms with Crippen molar-refractivity contribution in [2.24, 2.45) is 0 Å². The molecule has 0 amide bonds. The van der Waals surface area contributed by atoms with E-state index < -0.39 is 0 Å². The molecule has 0 radical (unpaired) electrons. The van der Waals surface area contributed by atoms with Gasteiger partial charge in [-0.2, -0.15) is 0 Å². The number of nitrogens with zero attached hydrogens (tertiary/aromatic N) is 2. The van der Waals surface area contributed by atoms with Gasteiger partial charge in [0.1, 0.15) is 11.6 Å². The van der Waals surface area contributed by atoms with Gasteiger partial charge < -0.3 is 4.57 Å². The lowest BCUT2D eigenvalue weighted by molar-refractivity contribution is -0.119. The van der Waals surface area contributed by atoms with E-state index >= 15 is 0 Å². The zero-order valence-corrected chi connectivity index (χ0v) is 7.16. The van der Waals surface area contributed by atoms with E-state index in [0.29, 0.717) is 0 Å². The molecule has 0 N–H and O–H groups in total. The molecule has 0 saturated carbocycles. The fourth-order valence-corrected chi connectivity index (χ4v) is 1.80. The molecule has 1 unspecified atom stereocenters. The first-order valence-corrected chi connectivity index (χ1v) is 4.30. The van der Waals surface area contributed by atoms with Crippen LogP contribution in [-0.2, 0) is 11.3 Å². The number of aromatic nitrogens is 2. The fourth-order valence-electron chi connectivity index (χ4n) is 1.80. The number of imidazole rings is 1. The molecule has 2 heterocycles. The largest absolute Gasteiger partial charge is 0.334 e. The summed E-state index contributed by atoms with van der Waals surface area (Å²) in [7, 11) is 0. The molecule has 1 aromatic heterocycles. The third-order valence-corrected chi connectivity index (χ3v) is 2.44. The minimum Gasteiger partial charge on any atom is -0.334 e. The molecule has 1 aliphatic heterocycles. The number of carbonyl (C=O) groups excluding carboxylic acids is 1. The minimum atomic E-state index is 0.0498. The average Bonchev–Trinajstić information content (AvgIpc) is 2.49. The lowest BCUT2D eigenvalue weighted by atomic mass is 9.95. The van der Waals surface area contributed by atoms with Crippen molar-refractivity contribution in [3.8, 4) is 0 Å². The lowest BCUT2D eigenvalue weighted by Gasteiger charge is -2.20. The highest BCUT2D eigenvalue weighted by Gasteiger charge is 2.24. The number of hydrogen-bond donors (Lipinski definition) is 0. The molecular weight excluding hydrogens is 152 g/mol. The summed E-state index contributed by atoms with van der Waals surface area (Å²) in [5, 5.41) is 0. The van der Waals surface area contributed by atoms with Gasteiger partial charge in [-0.1, -0.05) is 0 Å². The Hall–Kier alpha value is -1.12. The van der Waals surface area contributed by atoms with Crippen LogP contribution in [0, 0.1) is 0 Å². The molecule has 3 nitrogen and oxygen atoms in total. The molecule has 0 saturated heterocycles. The summed E-state index contributed by atoms with van der Waals surface area (Å²) in [4.78, 5) is 15.4. The Labute approximate surface area is 71.4 Å². The third kappa shape index (κ3) is 1.05. The Morgan fingerprint density at radius 1 is 1.75 bits per heavy atom. The van der Waals surface area contributed by atoms with Gasteiger partial charge in [-0.3, -0.25) is 4.79 Å². The van der Waals surface area contributed by atoms with E-state index in [1.807, 2.05) is 6.20 Å². The van der Waals surface area contributed by atoms with Crippen LogP contribution in [0.3, 0.4) is 0 Å². The lowest BCUT2D eigenvalue weighted by Crippen LogP contribution is -2.20. The SMILES string of the molecule is CC(=O)C1CCCn2ccnc21. The summed E-state index contributed by atoms with van der Waals surface area (Å²) in [6.45, 7) is 2.66. The fraction of sp³-hybridized carbons (Fsp3) is 0.556. The first kappa shape index (κ1) is 7.53. The van der Waals surface area contributed by atoms with Crippen LogP contribution >= 0.6 is 0 Å². The third-order valence-electron chi connectivity index (χ3n) is 2.44. The second kappa shape index (κ2) is 2.73. The molecule has 64 valence electrons. The van der Waals surface area contributed by atoms with Gasteiger partial charge in [0.05, 0.1) is 5.92 Å². The van der Waals surface area contributed by atoms with E-state index in [1.54, 1.807) is 13.1 Å². The maximum atomic E-state index is 11.2. The molecular formula is C9H12N2O. The zero-order valence-electron chi connectivity index (χ0n) is 7.16. The van der Waals surface area contributed by atoms with Gasteiger partial charge in [-0.25, -0.2) is 4.98 Å². The Balaban J connectivity index is 2.37. The van der Waals surface area contributed by atoms with E-state index in [-0.39, 0.29) is 11.7 Å². The van der Waals surface area contributed by atoms with Crippen molar-refractivity contribution in [1.29, 1.82) is 0 Å². The minimum absolute atomic E-state index is 0.0498. The van der Waals surface area contributed by atoms with E-state index in [0.717, 1.165) is 25.2 Å². The van der Waals surface area contributed by atoms with E-state index in [1.165, 1.54) is 0 Å². The molecule has 0 aliphatic carbocycles. The quantitative estimate of drug-likeness (QED) is 0.628. The smallest absolute Gasteiger partial charge is 0.140 e. The number of Topliss-reactive ketones (excluding diaryl/α,β-unsaturated/α-hetero) is 1. The van der Waals surface area contributed by atoms with Crippen molar-refractivity contribution in [3.05, 3.63) is 18.2 Å². The van der Waals surface area contributed by atoms with E-state index in [9.17, 15) is 4.79 Å². The molecule has 2 rings (SSSR count). The van der Waals surface area contributed by atoms with E-state index in [2.05, 4.69) is 9.55 Å². The normalized spacial score (nSPS) is 21.9. The highest BCUT2D eigenvalue weighted by Crippen LogP contribution is 2.25. The summed E-state index contributed by atoms with van der Waals surface area (Å²) in [5.41, 5.74) is 0. The second-order valence-corrected chi connectivity index (χ2v) is 3.28. The van der Waals surface area contributed by atoms with Crippen LogP contribution < -0.4 is 0 Å². The van der Waals surface area contributed by atoms with Gasteiger partial charge in [0, 0.05) is 18.9 Å². The second-order valence-electron chi connectivity index (χ2n) is 3.28. The van der Waals surface area contributed by atoms with Crippen molar-refractivity contribution in [2.75, 3.05) is 0 Å². The van der Waals surface area contributed by atoms with Crippen molar-refractivity contribution >= 4 is 5.78 Å². The van der Waals surface area contributed by atoms with Crippen LogP contribution in [0.4, 0.5) is 0 Å². The Morgan fingerprint density at radius 3 is 3.33 bits per heavy atom. The van der Waals surface area contributed by atoms with Gasteiger partial charge in [0.2, 0.25) is 0 Å². The summed E-state index contributed by atoms with van der Waals surface area (Å²) in [5.74, 6) is 1.24. The Bertz CT molecular complexity index is 303. The summed E-state index contributed by atoms with van der Waals surface area (Å²) >= 11 is 0. The van der Waals surface area contributed by atoms with Crippen LogP contribution in [0.2, 0.25) is 0 Å². The molecule has 0 fully saturated rings. The van der Waals surface area contributed by atoms with Gasteiger partial charge in [0.25, 0.3) is 0 Å². The number of hydrogen-bond acceptors (Lipinski definition) is 2. The maximum Gasteiger partial charge on any atom is 0.140 e. The maximum absolute atomic E-state index is 11.2. The summed E-state index contributed by atoms with van der Waals surface area (Å²) in [6, 6.07) is 0. The predicted octanol–water partition coefficient (Wildman–Crippen LogP) is 1.35. The number of rotatable bonds is 1. The first-order valence-electron chi connectivity index (χ1n) is 4.30. The van der Waals surface area contributed by atoms with Crippen LogP contribution in [0.1, 0.15) is 31.5 Å². The van der Waals surface area contributed by atoms with Gasteiger partial charge >= 0.3 is 0 Å². The average molecular weight is 164 g/mol. The molecule has 12 heavy (non-hydrogen) atoms. The molecule has 3 heteroatoms. The molecule has 1 aromatic rings. The monoisotopic (exact) mass is 164 g/mol. The van der Waals surface area contributed by atoms with Gasteiger partial charge in [-0.05, 0) is 19.8 Å². The topological polar surface area (TPSA) is 34.9 Å². The molecule has 1 atom stereocenters. The number of aryl methyl sites for hydroxylation is 1. The highest BCUT2D eigenvalue weighted by molar-refractivity contribution is 5.82. The summed E-state index contributed by atoms with van der Waals surface area (Å²) < 4.78 is 2.08.